The number of aliphatic hydroxyl groups is 1. The minimum atomic E-state index is -1.91. The van der Waals surface area contributed by atoms with E-state index in [2.05, 4.69) is 5.32 Å². The standard InChI is InChI=1S/C11H21NO4/c1-7(2)8(3)5-9(13)12-6-11(4,16)10(14)15/h7-8,16H,5-6H2,1-4H3,(H,12,13)(H,14,15). The van der Waals surface area contributed by atoms with Crippen molar-refractivity contribution < 1.29 is 19.8 Å². The van der Waals surface area contributed by atoms with Crippen LogP contribution in [0, 0.1) is 11.8 Å². The molecule has 2 unspecified atom stereocenters. The molecule has 2 atom stereocenters. The Bertz CT molecular complexity index is 261. The van der Waals surface area contributed by atoms with Gasteiger partial charge in [0.15, 0.2) is 5.60 Å². The summed E-state index contributed by atoms with van der Waals surface area (Å²) in [6.07, 6.45) is 0.341. The van der Waals surface area contributed by atoms with Gasteiger partial charge in [-0.2, -0.15) is 0 Å². The third-order valence-electron chi connectivity index (χ3n) is 2.74. The van der Waals surface area contributed by atoms with Gasteiger partial charge in [0.2, 0.25) is 5.91 Å². The summed E-state index contributed by atoms with van der Waals surface area (Å²) < 4.78 is 0. The van der Waals surface area contributed by atoms with Crippen LogP contribution in [0.2, 0.25) is 0 Å². The van der Waals surface area contributed by atoms with Crippen LogP contribution in [-0.2, 0) is 9.59 Å². The normalized spacial score (nSPS) is 16.6. The molecule has 0 bridgehead atoms. The first-order valence-electron chi connectivity index (χ1n) is 5.39. The molecule has 0 spiro atoms. The minimum Gasteiger partial charge on any atom is -0.479 e. The number of carboxylic acids is 1. The number of amides is 1. The van der Waals surface area contributed by atoms with Crippen molar-refractivity contribution in [2.45, 2.75) is 39.7 Å². The molecular weight excluding hydrogens is 210 g/mol. The molecule has 0 aromatic rings. The molecule has 5 heteroatoms. The molecular formula is C11H21NO4. The van der Waals surface area contributed by atoms with Gasteiger partial charge in [-0.3, -0.25) is 4.79 Å². The van der Waals surface area contributed by atoms with E-state index in [0.29, 0.717) is 12.3 Å². The summed E-state index contributed by atoms with van der Waals surface area (Å²) in [7, 11) is 0. The van der Waals surface area contributed by atoms with Gasteiger partial charge in [0.25, 0.3) is 0 Å². The maximum Gasteiger partial charge on any atom is 0.337 e. The van der Waals surface area contributed by atoms with Crippen LogP contribution in [0.25, 0.3) is 0 Å². The third-order valence-corrected chi connectivity index (χ3v) is 2.74. The largest absolute Gasteiger partial charge is 0.479 e. The lowest BCUT2D eigenvalue weighted by molar-refractivity contribution is -0.156. The van der Waals surface area contributed by atoms with E-state index in [1.54, 1.807) is 0 Å². The molecule has 16 heavy (non-hydrogen) atoms. The predicted molar refractivity (Wildman–Crippen MR) is 59.9 cm³/mol. The Morgan fingerprint density at radius 3 is 2.19 bits per heavy atom. The van der Waals surface area contributed by atoms with E-state index in [0.717, 1.165) is 6.92 Å². The number of hydrogen-bond acceptors (Lipinski definition) is 3. The molecule has 0 fully saturated rings. The Morgan fingerprint density at radius 2 is 1.81 bits per heavy atom. The van der Waals surface area contributed by atoms with E-state index in [-0.39, 0.29) is 18.4 Å². The molecule has 0 heterocycles. The molecule has 5 nitrogen and oxygen atoms in total. The van der Waals surface area contributed by atoms with Crippen molar-refractivity contribution in [3.8, 4) is 0 Å². The maximum atomic E-state index is 11.4. The number of carbonyl (C=O) groups excluding carboxylic acids is 1. The summed E-state index contributed by atoms with van der Waals surface area (Å²) in [6.45, 7) is 6.88. The molecule has 0 rings (SSSR count). The van der Waals surface area contributed by atoms with Crippen LogP contribution >= 0.6 is 0 Å². The summed E-state index contributed by atoms with van der Waals surface area (Å²) >= 11 is 0. The van der Waals surface area contributed by atoms with E-state index in [1.807, 2.05) is 20.8 Å². The molecule has 0 aromatic carbocycles. The highest BCUT2D eigenvalue weighted by Crippen LogP contribution is 2.13. The second-order valence-corrected chi connectivity index (χ2v) is 4.78. The molecule has 94 valence electrons. The Kier molecular flexibility index (Phi) is 5.44. The van der Waals surface area contributed by atoms with Gasteiger partial charge in [0.05, 0.1) is 6.54 Å². The van der Waals surface area contributed by atoms with Gasteiger partial charge < -0.3 is 15.5 Å². The molecule has 0 aliphatic carbocycles. The number of nitrogens with one attached hydrogen (secondary N) is 1. The monoisotopic (exact) mass is 231 g/mol. The highest BCUT2D eigenvalue weighted by atomic mass is 16.4. The fraction of sp³-hybridized carbons (Fsp3) is 0.818. The first-order chi connectivity index (χ1) is 7.16. The van der Waals surface area contributed by atoms with Gasteiger partial charge in [-0.1, -0.05) is 20.8 Å². The molecule has 3 N–H and O–H groups in total. The van der Waals surface area contributed by atoms with Gasteiger partial charge in [-0.05, 0) is 18.8 Å². The van der Waals surface area contributed by atoms with E-state index < -0.39 is 11.6 Å². The highest BCUT2D eigenvalue weighted by Gasteiger charge is 2.30. The van der Waals surface area contributed by atoms with E-state index in [9.17, 15) is 14.7 Å². The average Bonchev–Trinajstić information content (AvgIpc) is 2.14. The van der Waals surface area contributed by atoms with Crippen LogP contribution in [-0.4, -0.2) is 34.2 Å². The number of hydrogen-bond donors (Lipinski definition) is 3. The van der Waals surface area contributed by atoms with Gasteiger partial charge >= 0.3 is 5.97 Å². The number of aliphatic carboxylic acids is 1. The number of carboxylic acid groups (broad SMARTS) is 1. The summed E-state index contributed by atoms with van der Waals surface area (Å²) in [5.74, 6) is -0.951. The van der Waals surface area contributed by atoms with Crippen LogP contribution in [0.1, 0.15) is 34.1 Å². The van der Waals surface area contributed by atoms with Crippen molar-refractivity contribution in [2.75, 3.05) is 6.54 Å². The van der Waals surface area contributed by atoms with E-state index in [4.69, 9.17) is 5.11 Å². The predicted octanol–water partition coefficient (Wildman–Crippen LogP) is 0.620. The fourth-order valence-corrected chi connectivity index (χ4v) is 0.947. The molecule has 0 aliphatic heterocycles. The van der Waals surface area contributed by atoms with Crippen LogP contribution < -0.4 is 5.32 Å². The first-order valence-corrected chi connectivity index (χ1v) is 5.39. The van der Waals surface area contributed by atoms with Crippen molar-refractivity contribution in [1.29, 1.82) is 0 Å². The van der Waals surface area contributed by atoms with Crippen molar-refractivity contribution in [3.63, 3.8) is 0 Å². The van der Waals surface area contributed by atoms with Crippen molar-refractivity contribution in [2.24, 2.45) is 11.8 Å². The average molecular weight is 231 g/mol. The van der Waals surface area contributed by atoms with Crippen LogP contribution in [0.4, 0.5) is 0 Å². The molecule has 0 saturated carbocycles. The molecule has 0 radical (unpaired) electrons. The van der Waals surface area contributed by atoms with E-state index >= 15 is 0 Å². The fourth-order valence-electron chi connectivity index (χ4n) is 0.947. The number of carbonyl (C=O) groups is 2. The van der Waals surface area contributed by atoms with Crippen LogP contribution in [0.3, 0.4) is 0 Å². The van der Waals surface area contributed by atoms with Crippen molar-refractivity contribution >= 4 is 11.9 Å². The first kappa shape index (κ1) is 14.9. The summed E-state index contributed by atoms with van der Waals surface area (Å²) in [6, 6.07) is 0. The van der Waals surface area contributed by atoms with Crippen molar-refractivity contribution in [1.82, 2.24) is 5.32 Å². The zero-order valence-electron chi connectivity index (χ0n) is 10.3. The Balaban J connectivity index is 4.04. The van der Waals surface area contributed by atoms with E-state index in [1.165, 1.54) is 0 Å². The second kappa shape index (κ2) is 5.84. The zero-order valence-corrected chi connectivity index (χ0v) is 10.3. The highest BCUT2D eigenvalue weighted by molar-refractivity contribution is 5.80. The lowest BCUT2D eigenvalue weighted by atomic mass is 9.94. The smallest absolute Gasteiger partial charge is 0.337 e. The van der Waals surface area contributed by atoms with Crippen LogP contribution in [0.5, 0.6) is 0 Å². The summed E-state index contributed by atoms with van der Waals surface area (Å²) in [4.78, 5) is 22.0. The van der Waals surface area contributed by atoms with Gasteiger partial charge in [0, 0.05) is 6.42 Å². The summed E-state index contributed by atoms with van der Waals surface area (Å²) in [5, 5.41) is 20.4. The Hall–Kier alpha value is -1.10. The number of rotatable bonds is 6. The van der Waals surface area contributed by atoms with Gasteiger partial charge in [-0.25, -0.2) is 4.79 Å². The van der Waals surface area contributed by atoms with Crippen LogP contribution in [0.15, 0.2) is 0 Å². The van der Waals surface area contributed by atoms with Gasteiger partial charge in [-0.15, -0.1) is 0 Å². The lowest BCUT2D eigenvalue weighted by Gasteiger charge is -2.20. The Labute approximate surface area is 95.9 Å². The summed E-state index contributed by atoms with van der Waals surface area (Å²) in [5.41, 5.74) is -1.91. The SMILES string of the molecule is CC(C)C(C)CC(=O)NCC(C)(O)C(=O)O. The second-order valence-electron chi connectivity index (χ2n) is 4.78. The van der Waals surface area contributed by atoms with Gasteiger partial charge in [0.1, 0.15) is 0 Å². The lowest BCUT2D eigenvalue weighted by Crippen LogP contribution is -2.46. The maximum absolute atomic E-state index is 11.4. The molecule has 0 saturated heterocycles. The molecule has 0 aliphatic rings. The van der Waals surface area contributed by atoms with Crippen molar-refractivity contribution in [3.05, 3.63) is 0 Å². The zero-order chi connectivity index (χ0) is 12.9. The minimum absolute atomic E-state index is 0.231. The molecule has 1 amide bonds. The molecule has 0 aromatic heterocycles. The quantitative estimate of drug-likeness (QED) is 0.625. The topological polar surface area (TPSA) is 86.6 Å². The third kappa shape index (κ3) is 5.11. The Morgan fingerprint density at radius 1 is 1.31 bits per heavy atom.